The SMILES string of the molecule is Cc1nn(C)c(C)c1CNCCOCCN(C)C. The summed E-state index contributed by atoms with van der Waals surface area (Å²) in [6, 6.07) is 0. The Kier molecular flexibility index (Phi) is 6.32. The van der Waals surface area contributed by atoms with E-state index in [9.17, 15) is 0 Å². The molecule has 0 aromatic carbocycles. The van der Waals surface area contributed by atoms with Crippen molar-refractivity contribution in [1.82, 2.24) is 20.0 Å². The van der Waals surface area contributed by atoms with Crippen molar-refractivity contribution in [1.29, 1.82) is 0 Å². The molecule has 1 N–H and O–H groups in total. The highest BCUT2D eigenvalue weighted by Gasteiger charge is 2.07. The molecule has 0 spiro atoms. The molecule has 0 saturated heterocycles. The monoisotopic (exact) mass is 254 g/mol. The van der Waals surface area contributed by atoms with E-state index in [0.29, 0.717) is 0 Å². The van der Waals surface area contributed by atoms with Gasteiger partial charge in [-0.15, -0.1) is 0 Å². The molecule has 1 aromatic heterocycles. The molecule has 0 unspecified atom stereocenters. The van der Waals surface area contributed by atoms with Crippen molar-refractivity contribution in [3.8, 4) is 0 Å². The van der Waals surface area contributed by atoms with Crippen LogP contribution >= 0.6 is 0 Å². The summed E-state index contributed by atoms with van der Waals surface area (Å²) in [7, 11) is 6.08. The van der Waals surface area contributed by atoms with Gasteiger partial charge in [0.1, 0.15) is 0 Å². The van der Waals surface area contributed by atoms with Gasteiger partial charge >= 0.3 is 0 Å². The van der Waals surface area contributed by atoms with Crippen LogP contribution in [0.15, 0.2) is 0 Å². The Balaban J connectivity index is 2.14. The fourth-order valence-electron chi connectivity index (χ4n) is 1.78. The zero-order chi connectivity index (χ0) is 13.5. The minimum absolute atomic E-state index is 0.756. The summed E-state index contributed by atoms with van der Waals surface area (Å²) < 4.78 is 7.45. The van der Waals surface area contributed by atoms with Gasteiger partial charge < -0.3 is 15.0 Å². The molecule has 0 aliphatic heterocycles. The second-order valence-corrected chi connectivity index (χ2v) is 4.87. The Labute approximate surface area is 110 Å². The molecule has 18 heavy (non-hydrogen) atoms. The summed E-state index contributed by atoms with van der Waals surface area (Å²) in [6.07, 6.45) is 0. The van der Waals surface area contributed by atoms with Crippen LogP contribution in [-0.4, -0.2) is 55.1 Å². The van der Waals surface area contributed by atoms with Gasteiger partial charge in [0, 0.05) is 37.9 Å². The van der Waals surface area contributed by atoms with Crippen LogP contribution in [0.3, 0.4) is 0 Å². The third kappa shape index (κ3) is 4.76. The fourth-order valence-corrected chi connectivity index (χ4v) is 1.78. The molecule has 1 heterocycles. The largest absolute Gasteiger partial charge is 0.379 e. The van der Waals surface area contributed by atoms with Crippen molar-refractivity contribution < 1.29 is 4.74 Å². The summed E-state index contributed by atoms with van der Waals surface area (Å²) >= 11 is 0. The lowest BCUT2D eigenvalue weighted by Gasteiger charge is -2.10. The molecule has 0 aliphatic carbocycles. The van der Waals surface area contributed by atoms with Gasteiger partial charge in [0.2, 0.25) is 0 Å². The van der Waals surface area contributed by atoms with E-state index in [4.69, 9.17) is 4.74 Å². The molecule has 104 valence electrons. The molecule has 0 bridgehead atoms. The summed E-state index contributed by atoms with van der Waals surface area (Å²) in [4.78, 5) is 2.12. The Morgan fingerprint density at radius 1 is 1.28 bits per heavy atom. The molecule has 5 nitrogen and oxygen atoms in total. The highest BCUT2D eigenvalue weighted by atomic mass is 16.5. The summed E-state index contributed by atoms with van der Waals surface area (Å²) in [6.45, 7) is 8.42. The number of likely N-dealkylation sites (N-methyl/N-ethyl adjacent to an activating group) is 1. The lowest BCUT2D eigenvalue weighted by molar-refractivity contribution is 0.119. The second kappa shape index (κ2) is 7.51. The van der Waals surface area contributed by atoms with E-state index in [1.54, 1.807) is 0 Å². The van der Waals surface area contributed by atoms with Crippen molar-refractivity contribution in [2.75, 3.05) is 40.4 Å². The van der Waals surface area contributed by atoms with Gasteiger partial charge in [-0.1, -0.05) is 0 Å². The summed E-state index contributed by atoms with van der Waals surface area (Å²) in [5.74, 6) is 0. The van der Waals surface area contributed by atoms with E-state index in [1.165, 1.54) is 11.3 Å². The quantitative estimate of drug-likeness (QED) is 0.694. The van der Waals surface area contributed by atoms with E-state index in [-0.39, 0.29) is 0 Å². The first-order valence-electron chi connectivity index (χ1n) is 6.44. The lowest BCUT2D eigenvalue weighted by Crippen LogP contribution is -2.23. The molecule has 0 radical (unpaired) electrons. The van der Waals surface area contributed by atoms with Gasteiger partial charge in [0.25, 0.3) is 0 Å². The molecular weight excluding hydrogens is 228 g/mol. The molecule has 0 saturated carbocycles. The van der Waals surface area contributed by atoms with Gasteiger partial charge in [0.15, 0.2) is 0 Å². The number of nitrogens with one attached hydrogen (secondary N) is 1. The topological polar surface area (TPSA) is 42.3 Å². The number of hydrogen-bond donors (Lipinski definition) is 1. The van der Waals surface area contributed by atoms with Crippen LogP contribution in [0.1, 0.15) is 17.0 Å². The van der Waals surface area contributed by atoms with Crippen molar-refractivity contribution in [2.24, 2.45) is 7.05 Å². The van der Waals surface area contributed by atoms with Crippen LogP contribution in [0.5, 0.6) is 0 Å². The fraction of sp³-hybridized carbons (Fsp3) is 0.769. The molecule has 0 aliphatic rings. The van der Waals surface area contributed by atoms with E-state index >= 15 is 0 Å². The zero-order valence-corrected chi connectivity index (χ0v) is 12.3. The van der Waals surface area contributed by atoms with Crippen molar-refractivity contribution >= 4 is 0 Å². The average molecular weight is 254 g/mol. The molecule has 5 heteroatoms. The van der Waals surface area contributed by atoms with Gasteiger partial charge in [-0.3, -0.25) is 4.68 Å². The Hall–Kier alpha value is -0.910. The highest BCUT2D eigenvalue weighted by Crippen LogP contribution is 2.10. The van der Waals surface area contributed by atoms with Crippen molar-refractivity contribution in [3.63, 3.8) is 0 Å². The first-order valence-corrected chi connectivity index (χ1v) is 6.44. The van der Waals surface area contributed by atoms with Gasteiger partial charge in [-0.25, -0.2) is 0 Å². The normalized spacial score (nSPS) is 11.4. The maximum atomic E-state index is 5.52. The lowest BCUT2D eigenvalue weighted by atomic mass is 10.2. The van der Waals surface area contributed by atoms with E-state index in [2.05, 4.69) is 43.3 Å². The average Bonchev–Trinajstić information content (AvgIpc) is 2.53. The molecule has 1 aromatic rings. The smallest absolute Gasteiger partial charge is 0.0641 e. The van der Waals surface area contributed by atoms with Crippen molar-refractivity contribution in [2.45, 2.75) is 20.4 Å². The number of rotatable bonds is 8. The maximum absolute atomic E-state index is 5.52. The maximum Gasteiger partial charge on any atom is 0.0641 e. The van der Waals surface area contributed by atoms with Crippen LogP contribution in [0.4, 0.5) is 0 Å². The van der Waals surface area contributed by atoms with Gasteiger partial charge in [0.05, 0.1) is 18.9 Å². The third-order valence-electron chi connectivity index (χ3n) is 3.07. The number of aromatic nitrogens is 2. The number of nitrogens with zero attached hydrogens (tertiary/aromatic N) is 3. The van der Waals surface area contributed by atoms with Gasteiger partial charge in [-0.05, 0) is 27.9 Å². The van der Waals surface area contributed by atoms with E-state index in [1.807, 2.05) is 11.7 Å². The van der Waals surface area contributed by atoms with Gasteiger partial charge in [-0.2, -0.15) is 5.10 Å². The molecule has 0 amide bonds. The minimum Gasteiger partial charge on any atom is -0.379 e. The summed E-state index contributed by atoms with van der Waals surface area (Å²) in [5.41, 5.74) is 3.63. The van der Waals surface area contributed by atoms with Crippen LogP contribution in [0, 0.1) is 13.8 Å². The second-order valence-electron chi connectivity index (χ2n) is 4.87. The minimum atomic E-state index is 0.756. The van der Waals surface area contributed by atoms with Crippen LogP contribution in [0.2, 0.25) is 0 Å². The first kappa shape index (κ1) is 15.1. The highest BCUT2D eigenvalue weighted by molar-refractivity contribution is 5.23. The molecule has 0 fully saturated rings. The molecular formula is C13H26N4O. The van der Waals surface area contributed by atoms with E-state index < -0.39 is 0 Å². The summed E-state index contributed by atoms with van der Waals surface area (Å²) in [5, 5.41) is 7.79. The van der Waals surface area contributed by atoms with Crippen molar-refractivity contribution in [3.05, 3.63) is 17.0 Å². The predicted octanol–water partition coefficient (Wildman–Crippen LogP) is 0.705. The third-order valence-corrected chi connectivity index (χ3v) is 3.07. The number of hydrogen-bond acceptors (Lipinski definition) is 4. The van der Waals surface area contributed by atoms with Crippen LogP contribution in [-0.2, 0) is 18.3 Å². The zero-order valence-electron chi connectivity index (χ0n) is 12.3. The Morgan fingerprint density at radius 3 is 2.56 bits per heavy atom. The number of aryl methyl sites for hydroxylation is 2. The van der Waals surface area contributed by atoms with Crippen LogP contribution < -0.4 is 5.32 Å². The molecule has 1 rings (SSSR count). The predicted molar refractivity (Wildman–Crippen MR) is 73.8 cm³/mol. The standard InChI is InChI=1S/C13H26N4O/c1-11-13(12(2)17(5)15-11)10-14-6-8-18-9-7-16(3)4/h14H,6-10H2,1-5H3. The van der Waals surface area contributed by atoms with E-state index in [0.717, 1.165) is 38.5 Å². The Morgan fingerprint density at radius 2 is 2.00 bits per heavy atom. The number of ether oxygens (including phenoxy) is 1. The Bertz CT molecular complexity index is 360. The van der Waals surface area contributed by atoms with Crippen LogP contribution in [0.25, 0.3) is 0 Å². The first-order chi connectivity index (χ1) is 8.52. The molecule has 0 atom stereocenters.